The molecule has 112 valence electrons. The fourth-order valence-electron chi connectivity index (χ4n) is 2.50. The van der Waals surface area contributed by atoms with Gasteiger partial charge in [0.05, 0.1) is 21.3 Å². The van der Waals surface area contributed by atoms with E-state index in [9.17, 15) is 4.79 Å². The van der Waals surface area contributed by atoms with Crippen LogP contribution < -0.4 is 10.6 Å². The zero-order valence-corrected chi connectivity index (χ0v) is 13.7. The number of nitrogens with zero attached hydrogens (tertiary/aromatic N) is 2. The van der Waals surface area contributed by atoms with Gasteiger partial charge in [0.2, 0.25) is 5.91 Å². The van der Waals surface area contributed by atoms with Crippen molar-refractivity contribution in [3.8, 4) is 10.6 Å². The Balaban J connectivity index is 1.70. The Hall–Kier alpha value is -1.31. The van der Waals surface area contributed by atoms with Gasteiger partial charge >= 0.3 is 0 Å². The Morgan fingerprint density at radius 1 is 1.33 bits per heavy atom. The van der Waals surface area contributed by atoms with Crippen LogP contribution in [0, 0.1) is 19.8 Å². The number of hydrogen-bond donors (Lipinski definition) is 2. The summed E-state index contributed by atoms with van der Waals surface area (Å²) in [5.41, 5.74) is 1.91. The molecule has 0 atom stereocenters. The SMILES string of the molecule is Cc1nc(C)c(-c2csc(NC(=O)C3CCNCC3)n2)s1. The third-order valence-electron chi connectivity index (χ3n) is 3.58. The van der Waals surface area contributed by atoms with E-state index in [1.807, 2.05) is 19.2 Å². The predicted octanol–water partition coefficient (Wildman–Crippen LogP) is 2.82. The van der Waals surface area contributed by atoms with E-state index in [4.69, 9.17) is 0 Å². The van der Waals surface area contributed by atoms with Crippen LogP contribution in [0.1, 0.15) is 23.5 Å². The Bertz CT molecular complexity index is 643. The van der Waals surface area contributed by atoms with E-state index in [-0.39, 0.29) is 11.8 Å². The first-order valence-corrected chi connectivity index (χ1v) is 8.74. The molecule has 0 saturated carbocycles. The molecule has 2 N–H and O–H groups in total. The van der Waals surface area contributed by atoms with E-state index in [1.165, 1.54) is 11.3 Å². The lowest BCUT2D eigenvalue weighted by Crippen LogP contribution is -2.34. The molecule has 3 heterocycles. The summed E-state index contributed by atoms with van der Waals surface area (Å²) in [7, 11) is 0. The zero-order valence-electron chi connectivity index (χ0n) is 12.1. The maximum Gasteiger partial charge on any atom is 0.229 e. The molecule has 1 aliphatic rings. The van der Waals surface area contributed by atoms with Crippen molar-refractivity contribution in [2.75, 3.05) is 18.4 Å². The largest absolute Gasteiger partial charge is 0.317 e. The second-order valence-electron chi connectivity index (χ2n) is 5.20. The van der Waals surface area contributed by atoms with E-state index < -0.39 is 0 Å². The third kappa shape index (κ3) is 3.30. The molecule has 7 heteroatoms. The molecule has 0 bridgehead atoms. The van der Waals surface area contributed by atoms with Crippen molar-refractivity contribution in [2.24, 2.45) is 5.92 Å². The molecule has 1 amide bonds. The summed E-state index contributed by atoms with van der Waals surface area (Å²) >= 11 is 3.11. The van der Waals surface area contributed by atoms with Gasteiger partial charge in [-0.15, -0.1) is 22.7 Å². The van der Waals surface area contributed by atoms with Crippen molar-refractivity contribution in [2.45, 2.75) is 26.7 Å². The van der Waals surface area contributed by atoms with Crippen LogP contribution in [0.5, 0.6) is 0 Å². The van der Waals surface area contributed by atoms with E-state index in [1.54, 1.807) is 11.3 Å². The number of thiazole rings is 2. The molecule has 2 aromatic rings. The number of hydrogen-bond acceptors (Lipinski definition) is 6. The predicted molar refractivity (Wildman–Crippen MR) is 86.9 cm³/mol. The van der Waals surface area contributed by atoms with Gasteiger partial charge in [0.15, 0.2) is 5.13 Å². The normalized spacial score (nSPS) is 16.1. The maximum absolute atomic E-state index is 12.2. The smallest absolute Gasteiger partial charge is 0.229 e. The van der Waals surface area contributed by atoms with Crippen LogP contribution in [0.2, 0.25) is 0 Å². The number of carbonyl (C=O) groups is 1. The number of amides is 1. The number of nitrogens with one attached hydrogen (secondary N) is 2. The van der Waals surface area contributed by atoms with Gasteiger partial charge in [0.25, 0.3) is 0 Å². The Morgan fingerprint density at radius 2 is 2.10 bits per heavy atom. The minimum atomic E-state index is 0.0922. The molecule has 1 saturated heterocycles. The van der Waals surface area contributed by atoms with Crippen LogP contribution >= 0.6 is 22.7 Å². The molecular weight excluding hydrogens is 304 g/mol. The van der Waals surface area contributed by atoms with Crippen LogP contribution in [0.3, 0.4) is 0 Å². The third-order valence-corrected chi connectivity index (χ3v) is 5.43. The number of aryl methyl sites for hydroxylation is 2. The van der Waals surface area contributed by atoms with Crippen LogP contribution in [0.4, 0.5) is 5.13 Å². The maximum atomic E-state index is 12.2. The summed E-state index contributed by atoms with van der Waals surface area (Å²) in [4.78, 5) is 22.2. The van der Waals surface area contributed by atoms with Crippen molar-refractivity contribution in [1.82, 2.24) is 15.3 Å². The lowest BCUT2D eigenvalue weighted by atomic mass is 9.97. The van der Waals surface area contributed by atoms with E-state index >= 15 is 0 Å². The molecule has 0 aromatic carbocycles. The molecule has 0 aliphatic carbocycles. The van der Waals surface area contributed by atoms with Gasteiger partial charge in [-0.25, -0.2) is 9.97 Å². The van der Waals surface area contributed by atoms with Gasteiger partial charge in [-0.05, 0) is 39.8 Å². The second-order valence-corrected chi connectivity index (χ2v) is 7.26. The highest BCUT2D eigenvalue weighted by atomic mass is 32.1. The summed E-state index contributed by atoms with van der Waals surface area (Å²) in [6.07, 6.45) is 1.80. The minimum absolute atomic E-state index is 0.0922. The second kappa shape index (κ2) is 6.21. The first-order chi connectivity index (χ1) is 10.1. The van der Waals surface area contributed by atoms with E-state index in [2.05, 4.69) is 20.6 Å². The van der Waals surface area contributed by atoms with Crippen LogP contribution in [0.15, 0.2) is 5.38 Å². The Morgan fingerprint density at radius 3 is 2.76 bits per heavy atom. The van der Waals surface area contributed by atoms with Crippen molar-refractivity contribution in [1.29, 1.82) is 0 Å². The molecule has 2 aromatic heterocycles. The molecule has 21 heavy (non-hydrogen) atoms. The Labute approximate surface area is 131 Å². The van der Waals surface area contributed by atoms with E-state index in [0.717, 1.165) is 47.2 Å². The minimum Gasteiger partial charge on any atom is -0.317 e. The highest BCUT2D eigenvalue weighted by Gasteiger charge is 2.22. The van der Waals surface area contributed by atoms with Gasteiger partial charge in [0.1, 0.15) is 0 Å². The quantitative estimate of drug-likeness (QED) is 0.912. The highest BCUT2D eigenvalue weighted by Crippen LogP contribution is 2.32. The number of rotatable bonds is 3. The summed E-state index contributed by atoms with van der Waals surface area (Å²) in [6, 6.07) is 0. The van der Waals surface area contributed by atoms with Gasteiger partial charge < -0.3 is 10.6 Å². The fraction of sp³-hybridized carbons (Fsp3) is 0.500. The fourth-order valence-corrected chi connectivity index (χ4v) is 4.16. The van der Waals surface area contributed by atoms with Crippen LogP contribution in [-0.2, 0) is 4.79 Å². The summed E-state index contributed by atoms with van der Waals surface area (Å²) in [5.74, 6) is 0.195. The molecule has 3 rings (SSSR count). The van der Waals surface area contributed by atoms with Gasteiger partial charge in [-0.1, -0.05) is 0 Å². The molecule has 0 spiro atoms. The summed E-state index contributed by atoms with van der Waals surface area (Å²) < 4.78 is 0. The molecule has 0 unspecified atom stereocenters. The molecule has 1 aliphatic heterocycles. The lowest BCUT2D eigenvalue weighted by molar-refractivity contribution is -0.120. The zero-order chi connectivity index (χ0) is 14.8. The first-order valence-electron chi connectivity index (χ1n) is 7.05. The summed E-state index contributed by atoms with van der Waals surface area (Å²) in [5, 5.41) is 9.92. The van der Waals surface area contributed by atoms with Crippen molar-refractivity contribution in [3.63, 3.8) is 0 Å². The number of anilines is 1. The molecule has 5 nitrogen and oxygen atoms in total. The number of piperidine rings is 1. The highest BCUT2D eigenvalue weighted by molar-refractivity contribution is 7.16. The molecular formula is C14H18N4OS2. The average molecular weight is 322 g/mol. The summed E-state index contributed by atoms with van der Waals surface area (Å²) in [6.45, 7) is 5.82. The van der Waals surface area contributed by atoms with Crippen molar-refractivity contribution in [3.05, 3.63) is 16.1 Å². The van der Waals surface area contributed by atoms with Crippen molar-refractivity contribution < 1.29 is 4.79 Å². The standard InChI is InChI=1S/C14H18N4OS2/c1-8-12(21-9(2)16-8)11-7-20-14(17-11)18-13(19)10-3-5-15-6-4-10/h7,10,15H,3-6H2,1-2H3,(H,17,18,19). The van der Waals surface area contributed by atoms with E-state index in [0.29, 0.717) is 5.13 Å². The molecule has 0 radical (unpaired) electrons. The lowest BCUT2D eigenvalue weighted by Gasteiger charge is -2.20. The topological polar surface area (TPSA) is 66.9 Å². The van der Waals surface area contributed by atoms with Gasteiger partial charge in [0, 0.05) is 11.3 Å². The van der Waals surface area contributed by atoms with Crippen molar-refractivity contribution >= 4 is 33.7 Å². The number of carbonyl (C=O) groups excluding carboxylic acids is 1. The Kier molecular flexibility index (Phi) is 4.32. The van der Waals surface area contributed by atoms with Crippen LogP contribution in [0.25, 0.3) is 10.6 Å². The average Bonchev–Trinajstić information content (AvgIpc) is 3.06. The number of aromatic nitrogens is 2. The first kappa shape index (κ1) is 14.6. The van der Waals surface area contributed by atoms with Gasteiger partial charge in [-0.3, -0.25) is 4.79 Å². The monoisotopic (exact) mass is 322 g/mol. The molecule has 1 fully saturated rings. The van der Waals surface area contributed by atoms with Crippen LogP contribution in [-0.4, -0.2) is 29.0 Å². The van der Waals surface area contributed by atoms with Gasteiger partial charge in [-0.2, -0.15) is 0 Å².